The number of carbonyl (C=O) groups excluding carboxylic acids is 2. The van der Waals surface area contributed by atoms with Crippen molar-refractivity contribution in [2.45, 2.75) is 17.3 Å². The third kappa shape index (κ3) is 2.96. The molecule has 0 saturated carbocycles. The number of nitrogens with zero attached hydrogens (tertiary/aromatic N) is 2. The third-order valence-corrected chi connectivity index (χ3v) is 3.40. The Labute approximate surface area is 116 Å². The van der Waals surface area contributed by atoms with Crippen molar-refractivity contribution in [3.8, 4) is 0 Å². The fraction of sp³-hybridized carbons (Fsp3) is 0.300. The van der Waals surface area contributed by atoms with Gasteiger partial charge in [-0.25, -0.2) is 9.78 Å². The maximum atomic E-state index is 11.7. The Morgan fingerprint density at radius 1 is 1.45 bits per heavy atom. The zero-order valence-corrected chi connectivity index (χ0v) is 11.5. The van der Waals surface area contributed by atoms with Gasteiger partial charge in [-0.05, 0) is 6.92 Å². The second kappa shape index (κ2) is 5.74. The minimum absolute atomic E-state index is 0.270. The van der Waals surface area contributed by atoms with Gasteiger partial charge in [0, 0.05) is 7.05 Å². The molecule has 1 unspecified atom stereocenters. The molecule has 4 N–H and O–H groups in total. The van der Waals surface area contributed by atoms with Gasteiger partial charge in [-0.3, -0.25) is 20.0 Å². The van der Waals surface area contributed by atoms with Crippen molar-refractivity contribution in [3.05, 3.63) is 16.6 Å². The number of amides is 3. The van der Waals surface area contributed by atoms with Crippen LogP contribution in [0.3, 0.4) is 0 Å². The Morgan fingerprint density at radius 2 is 2.20 bits per heavy atom. The zero-order valence-electron chi connectivity index (χ0n) is 10.7. The summed E-state index contributed by atoms with van der Waals surface area (Å²) in [6, 6.07) is -0.590. The number of urea groups is 1. The van der Waals surface area contributed by atoms with Crippen molar-refractivity contribution in [2.75, 3.05) is 7.05 Å². The first-order chi connectivity index (χ1) is 9.51. The SMILES string of the molecule is CNC(=O)NC(=O)C(C)Sc1nc2[nH]ncc2c(=O)[nH]1. The minimum atomic E-state index is -0.601. The number of hydrogen-bond donors (Lipinski definition) is 4. The summed E-state index contributed by atoms with van der Waals surface area (Å²) in [4.78, 5) is 41.1. The van der Waals surface area contributed by atoms with Gasteiger partial charge >= 0.3 is 6.03 Å². The molecule has 2 heterocycles. The summed E-state index contributed by atoms with van der Waals surface area (Å²) < 4.78 is 0. The van der Waals surface area contributed by atoms with E-state index in [9.17, 15) is 14.4 Å². The van der Waals surface area contributed by atoms with Crippen LogP contribution in [0.15, 0.2) is 16.1 Å². The molecule has 2 rings (SSSR count). The van der Waals surface area contributed by atoms with Crippen molar-refractivity contribution in [3.63, 3.8) is 0 Å². The molecule has 2 aromatic rings. The van der Waals surface area contributed by atoms with Gasteiger partial charge < -0.3 is 10.3 Å². The van der Waals surface area contributed by atoms with Crippen LogP contribution in [0, 0.1) is 0 Å². The number of fused-ring (bicyclic) bond motifs is 1. The monoisotopic (exact) mass is 296 g/mol. The van der Waals surface area contributed by atoms with Crippen LogP contribution < -0.4 is 16.2 Å². The summed E-state index contributed by atoms with van der Waals surface area (Å²) in [5, 5.41) is 10.7. The lowest BCUT2D eigenvalue weighted by Gasteiger charge is -2.09. The van der Waals surface area contributed by atoms with E-state index in [1.54, 1.807) is 6.92 Å². The van der Waals surface area contributed by atoms with E-state index in [0.29, 0.717) is 11.0 Å². The summed E-state index contributed by atoms with van der Waals surface area (Å²) >= 11 is 1.03. The average Bonchev–Trinajstić information content (AvgIpc) is 2.87. The molecule has 0 fully saturated rings. The predicted molar refractivity (Wildman–Crippen MR) is 72.4 cm³/mol. The summed E-state index contributed by atoms with van der Waals surface area (Å²) in [5.41, 5.74) is 0.000295. The van der Waals surface area contributed by atoms with Crippen molar-refractivity contribution >= 4 is 34.7 Å². The average molecular weight is 296 g/mol. The molecule has 3 amide bonds. The van der Waals surface area contributed by atoms with Crippen LogP contribution in [0.4, 0.5) is 4.79 Å². The molecule has 0 radical (unpaired) electrons. The van der Waals surface area contributed by atoms with E-state index >= 15 is 0 Å². The van der Waals surface area contributed by atoms with E-state index in [1.807, 2.05) is 0 Å². The molecule has 0 saturated heterocycles. The van der Waals surface area contributed by atoms with Gasteiger partial charge in [-0.2, -0.15) is 5.10 Å². The van der Waals surface area contributed by atoms with E-state index in [2.05, 4.69) is 30.8 Å². The number of aromatic nitrogens is 4. The number of thioether (sulfide) groups is 1. The molecule has 0 aliphatic rings. The van der Waals surface area contributed by atoms with E-state index in [0.717, 1.165) is 11.8 Å². The predicted octanol–water partition coefficient (Wildman–Crippen LogP) is -0.418. The first-order valence-electron chi connectivity index (χ1n) is 5.64. The number of rotatable bonds is 3. The van der Waals surface area contributed by atoms with Gasteiger partial charge in [-0.15, -0.1) is 0 Å². The van der Waals surface area contributed by atoms with Crippen LogP contribution in [-0.2, 0) is 4.79 Å². The maximum Gasteiger partial charge on any atom is 0.321 e. The Kier molecular flexibility index (Phi) is 4.03. The maximum absolute atomic E-state index is 11.7. The van der Waals surface area contributed by atoms with Crippen molar-refractivity contribution in [2.24, 2.45) is 0 Å². The molecule has 106 valence electrons. The van der Waals surface area contributed by atoms with Crippen LogP contribution in [-0.4, -0.2) is 44.4 Å². The summed E-state index contributed by atoms with van der Waals surface area (Å²) in [5.74, 6) is -0.485. The molecular weight excluding hydrogens is 284 g/mol. The van der Waals surface area contributed by atoms with Gasteiger partial charge in [0.2, 0.25) is 5.91 Å². The molecule has 20 heavy (non-hydrogen) atoms. The van der Waals surface area contributed by atoms with Gasteiger partial charge in [0.1, 0.15) is 5.39 Å². The van der Waals surface area contributed by atoms with Crippen LogP contribution in [0.2, 0.25) is 0 Å². The first kappa shape index (κ1) is 14.1. The lowest BCUT2D eigenvalue weighted by molar-refractivity contribution is -0.119. The van der Waals surface area contributed by atoms with E-state index in [-0.39, 0.29) is 10.7 Å². The highest BCUT2D eigenvalue weighted by Gasteiger charge is 2.18. The number of carbonyl (C=O) groups is 2. The molecule has 0 aromatic carbocycles. The molecule has 2 aromatic heterocycles. The van der Waals surface area contributed by atoms with Crippen LogP contribution in [0.25, 0.3) is 11.0 Å². The molecular formula is C10H12N6O3S. The zero-order chi connectivity index (χ0) is 14.7. The fourth-order valence-electron chi connectivity index (χ4n) is 1.38. The summed E-state index contributed by atoms with van der Waals surface area (Å²) in [7, 11) is 1.41. The number of H-pyrrole nitrogens is 2. The molecule has 9 nitrogen and oxygen atoms in total. The van der Waals surface area contributed by atoms with Crippen LogP contribution in [0.5, 0.6) is 0 Å². The number of hydrogen-bond acceptors (Lipinski definition) is 6. The molecule has 0 spiro atoms. The molecule has 0 aliphatic carbocycles. The molecule has 0 bridgehead atoms. The quantitative estimate of drug-likeness (QED) is 0.449. The largest absolute Gasteiger partial charge is 0.341 e. The molecule has 0 aliphatic heterocycles. The smallest absolute Gasteiger partial charge is 0.321 e. The molecule has 10 heteroatoms. The Bertz CT molecular complexity index is 708. The van der Waals surface area contributed by atoms with Crippen molar-refractivity contribution in [1.29, 1.82) is 0 Å². The Balaban J connectivity index is 2.13. The third-order valence-electron chi connectivity index (χ3n) is 2.42. The van der Waals surface area contributed by atoms with Crippen molar-refractivity contribution in [1.82, 2.24) is 30.8 Å². The normalized spacial score (nSPS) is 12.1. The van der Waals surface area contributed by atoms with Gasteiger partial charge in [-0.1, -0.05) is 11.8 Å². The second-order valence-corrected chi connectivity index (χ2v) is 5.16. The van der Waals surface area contributed by atoms with Gasteiger partial charge in [0.15, 0.2) is 10.8 Å². The van der Waals surface area contributed by atoms with Gasteiger partial charge in [0.25, 0.3) is 5.56 Å². The highest BCUT2D eigenvalue weighted by atomic mass is 32.2. The first-order valence-corrected chi connectivity index (χ1v) is 6.52. The standard InChI is InChI=1S/C10H12N6O3S/c1-4(7(17)14-9(19)11-2)20-10-13-6-5(3-12-16-6)8(18)15-10/h3-4H,1-2H3,(H2,11,14,17,19)(H2,12,13,15,16,18). The second-order valence-electron chi connectivity index (χ2n) is 3.83. The van der Waals surface area contributed by atoms with Crippen LogP contribution >= 0.6 is 11.8 Å². The molecule has 1 atom stereocenters. The van der Waals surface area contributed by atoms with E-state index in [4.69, 9.17) is 0 Å². The number of aromatic amines is 2. The van der Waals surface area contributed by atoms with E-state index < -0.39 is 17.2 Å². The fourth-order valence-corrected chi connectivity index (χ4v) is 2.17. The highest BCUT2D eigenvalue weighted by molar-refractivity contribution is 8.00. The summed E-state index contributed by atoms with van der Waals surface area (Å²) in [6.07, 6.45) is 1.37. The lowest BCUT2D eigenvalue weighted by atomic mass is 10.4. The van der Waals surface area contributed by atoms with Crippen LogP contribution in [0.1, 0.15) is 6.92 Å². The number of imide groups is 1. The topological polar surface area (TPSA) is 133 Å². The summed E-state index contributed by atoms with van der Waals surface area (Å²) in [6.45, 7) is 1.60. The van der Waals surface area contributed by atoms with Crippen molar-refractivity contribution < 1.29 is 9.59 Å². The highest BCUT2D eigenvalue weighted by Crippen LogP contribution is 2.19. The minimum Gasteiger partial charge on any atom is -0.341 e. The Hall–Kier alpha value is -2.36. The Morgan fingerprint density at radius 3 is 2.90 bits per heavy atom. The lowest BCUT2D eigenvalue weighted by Crippen LogP contribution is -2.41. The van der Waals surface area contributed by atoms with E-state index in [1.165, 1.54) is 13.2 Å². The number of nitrogens with one attached hydrogen (secondary N) is 4. The van der Waals surface area contributed by atoms with Gasteiger partial charge in [0.05, 0.1) is 11.4 Å².